The van der Waals surface area contributed by atoms with Crippen LogP contribution in [0.1, 0.15) is 17.0 Å². The lowest BCUT2D eigenvalue weighted by atomic mass is 10.1. The third kappa shape index (κ3) is 4.45. The monoisotopic (exact) mass is 440 g/mol. The van der Waals surface area contributed by atoms with E-state index in [1.807, 2.05) is 61.5 Å². The molecule has 0 aliphatic carbocycles. The Bertz CT molecular complexity index is 1300. The predicted octanol–water partition coefficient (Wildman–Crippen LogP) is 5.04. The molecule has 8 heteroatoms. The summed E-state index contributed by atoms with van der Waals surface area (Å²) in [6, 6.07) is 22.2. The molecule has 3 aromatic heterocycles. The molecule has 0 amide bonds. The SMILES string of the molecule is Cc1ccc(-c2nnc(CSc3nnc(-c4cccnc4)n3Cc3ccccc3)o2)cc1. The lowest BCUT2D eigenvalue weighted by Gasteiger charge is -2.10. The number of hydrogen-bond acceptors (Lipinski definition) is 7. The van der Waals surface area contributed by atoms with Crippen molar-refractivity contribution in [2.75, 3.05) is 0 Å². The molecule has 0 bridgehead atoms. The van der Waals surface area contributed by atoms with Crippen molar-refractivity contribution in [3.63, 3.8) is 0 Å². The summed E-state index contributed by atoms with van der Waals surface area (Å²) < 4.78 is 7.96. The number of pyridine rings is 1. The number of nitrogens with zero attached hydrogens (tertiary/aromatic N) is 6. The Morgan fingerprint density at radius 1 is 0.844 bits per heavy atom. The lowest BCUT2D eigenvalue weighted by molar-refractivity contribution is 0.528. The molecule has 0 aliphatic heterocycles. The van der Waals surface area contributed by atoms with Crippen LogP contribution in [0.2, 0.25) is 0 Å². The van der Waals surface area contributed by atoms with Crippen molar-refractivity contribution < 1.29 is 4.42 Å². The maximum Gasteiger partial charge on any atom is 0.247 e. The summed E-state index contributed by atoms with van der Waals surface area (Å²) in [6.07, 6.45) is 3.55. The Balaban J connectivity index is 1.39. The van der Waals surface area contributed by atoms with Gasteiger partial charge in [-0.05, 0) is 36.8 Å². The van der Waals surface area contributed by atoms with Gasteiger partial charge in [0.05, 0.1) is 12.3 Å². The van der Waals surface area contributed by atoms with E-state index in [0.29, 0.717) is 24.1 Å². The van der Waals surface area contributed by atoms with Gasteiger partial charge < -0.3 is 4.42 Å². The minimum absolute atomic E-state index is 0.499. The molecule has 0 atom stereocenters. The van der Waals surface area contributed by atoms with Crippen molar-refractivity contribution in [2.45, 2.75) is 24.4 Å². The molecule has 0 aliphatic rings. The molecule has 0 saturated carbocycles. The van der Waals surface area contributed by atoms with Crippen LogP contribution in [0, 0.1) is 6.92 Å². The highest BCUT2D eigenvalue weighted by Crippen LogP contribution is 2.28. The van der Waals surface area contributed by atoms with Gasteiger partial charge in [0.25, 0.3) is 0 Å². The summed E-state index contributed by atoms with van der Waals surface area (Å²) in [5.74, 6) is 2.33. The maximum atomic E-state index is 5.87. The van der Waals surface area contributed by atoms with Crippen LogP contribution in [0.25, 0.3) is 22.8 Å². The second kappa shape index (κ2) is 9.15. The number of aryl methyl sites for hydroxylation is 1. The second-order valence-corrected chi connectivity index (χ2v) is 8.22. The van der Waals surface area contributed by atoms with E-state index in [1.165, 1.54) is 22.9 Å². The highest BCUT2D eigenvalue weighted by atomic mass is 32.2. The number of rotatable bonds is 7. The third-order valence-corrected chi connectivity index (χ3v) is 5.86. The van der Waals surface area contributed by atoms with Crippen LogP contribution in [-0.4, -0.2) is 29.9 Å². The Kier molecular flexibility index (Phi) is 5.76. The van der Waals surface area contributed by atoms with Gasteiger partial charge in [0.2, 0.25) is 11.8 Å². The van der Waals surface area contributed by atoms with Gasteiger partial charge in [-0.2, -0.15) is 0 Å². The molecule has 32 heavy (non-hydrogen) atoms. The first-order chi connectivity index (χ1) is 15.8. The average molecular weight is 441 g/mol. The van der Waals surface area contributed by atoms with Gasteiger partial charge in [-0.15, -0.1) is 20.4 Å². The second-order valence-electron chi connectivity index (χ2n) is 7.28. The van der Waals surface area contributed by atoms with Gasteiger partial charge in [-0.1, -0.05) is 59.8 Å². The van der Waals surface area contributed by atoms with E-state index >= 15 is 0 Å². The fourth-order valence-electron chi connectivity index (χ4n) is 3.26. The normalized spacial score (nSPS) is 11.0. The minimum atomic E-state index is 0.499. The number of benzene rings is 2. The summed E-state index contributed by atoms with van der Waals surface area (Å²) in [5.41, 5.74) is 4.18. The van der Waals surface area contributed by atoms with E-state index in [-0.39, 0.29) is 0 Å². The average Bonchev–Trinajstić information content (AvgIpc) is 3.47. The standard InChI is InChI=1S/C24H20N6OS/c1-17-9-11-19(12-10-17)23-28-26-21(31-23)16-32-24-29-27-22(20-8-5-13-25-14-20)30(24)15-18-6-3-2-4-7-18/h2-14H,15-16H2,1H3. The summed E-state index contributed by atoms with van der Waals surface area (Å²) >= 11 is 1.52. The van der Waals surface area contributed by atoms with Crippen LogP contribution >= 0.6 is 11.8 Å². The highest BCUT2D eigenvalue weighted by molar-refractivity contribution is 7.98. The van der Waals surface area contributed by atoms with Crippen molar-refractivity contribution in [1.82, 2.24) is 29.9 Å². The summed E-state index contributed by atoms with van der Waals surface area (Å²) in [4.78, 5) is 4.23. The smallest absolute Gasteiger partial charge is 0.247 e. The van der Waals surface area contributed by atoms with Gasteiger partial charge in [0, 0.05) is 23.5 Å². The Hall–Kier alpha value is -3.78. The van der Waals surface area contributed by atoms with Crippen LogP contribution in [0.15, 0.2) is 88.7 Å². The van der Waals surface area contributed by atoms with Gasteiger partial charge in [-0.3, -0.25) is 9.55 Å². The number of thioether (sulfide) groups is 1. The lowest BCUT2D eigenvalue weighted by Crippen LogP contribution is -2.04. The third-order valence-electron chi connectivity index (χ3n) is 4.91. The molecule has 0 unspecified atom stereocenters. The van der Waals surface area contributed by atoms with Crippen LogP contribution in [0.5, 0.6) is 0 Å². The molecule has 0 fully saturated rings. The molecular weight excluding hydrogens is 420 g/mol. The maximum absolute atomic E-state index is 5.87. The topological polar surface area (TPSA) is 82.5 Å². The zero-order valence-electron chi connectivity index (χ0n) is 17.4. The Labute approximate surface area is 189 Å². The van der Waals surface area contributed by atoms with Crippen molar-refractivity contribution in [1.29, 1.82) is 0 Å². The van der Waals surface area contributed by atoms with Gasteiger partial charge in [0.1, 0.15) is 0 Å². The summed E-state index contributed by atoms with van der Waals surface area (Å²) in [6.45, 7) is 2.70. The quantitative estimate of drug-likeness (QED) is 0.328. The van der Waals surface area contributed by atoms with E-state index in [1.54, 1.807) is 12.4 Å². The largest absolute Gasteiger partial charge is 0.420 e. The van der Waals surface area contributed by atoms with Crippen molar-refractivity contribution in [3.8, 4) is 22.8 Å². The van der Waals surface area contributed by atoms with E-state index in [2.05, 4.69) is 42.1 Å². The van der Waals surface area contributed by atoms with Crippen LogP contribution in [-0.2, 0) is 12.3 Å². The van der Waals surface area contributed by atoms with Crippen molar-refractivity contribution >= 4 is 11.8 Å². The van der Waals surface area contributed by atoms with Gasteiger partial charge in [-0.25, -0.2) is 0 Å². The fraction of sp³-hybridized carbons (Fsp3) is 0.125. The van der Waals surface area contributed by atoms with Crippen LogP contribution < -0.4 is 0 Å². The molecule has 0 saturated heterocycles. The molecule has 0 N–H and O–H groups in total. The summed E-state index contributed by atoms with van der Waals surface area (Å²) in [7, 11) is 0. The van der Waals surface area contributed by atoms with E-state index in [9.17, 15) is 0 Å². The van der Waals surface area contributed by atoms with E-state index in [0.717, 1.165) is 22.1 Å². The van der Waals surface area contributed by atoms with Crippen LogP contribution in [0.3, 0.4) is 0 Å². The molecule has 5 aromatic rings. The van der Waals surface area contributed by atoms with E-state index in [4.69, 9.17) is 4.42 Å². The first kappa shape index (κ1) is 20.1. The molecule has 0 spiro atoms. The molecule has 0 radical (unpaired) electrons. The molecule has 158 valence electrons. The molecule has 3 heterocycles. The van der Waals surface area contributed by atoms with Crippen molar-refractivity contribution in [2.24, 2.45) is 0 Å². The van der Waals surface area contributed by atoms with Gasteiger partial charge >= 0.3 is 0 Å². The first-order valence-corrected chi connectivity index (χ1v) is 11.1. The zero-order valence-corrected chi connectivity index (χ0v) is 18.2. The Morgan fingerprint density at radius 3 is 2.47 bits per heavy atom. The molecule has 2 aromatic carbocycles. The van der Waals surface area contributed by atoms with E-state index < -0.39 is 0 Å². The Morgan fingerprint density at radius 2 is 1.69 bits per heavy atom. The van der Waals surface area contributed by atoms with Crippen LogP contribution in [0.4, 0.5) is 0 Å². The highest BCUT2D eigenvalue weighted by Gasteiger charge is 2.17. The summed E-state index contributed by atoms with van der Waals surface area (Å²) in [5, 5.41) is 18.1. The van der Waals surface area contributed by atoms with Gasteiger partial charge in [0.15, 0.2) is 11.0 Å². The fourth-order valence-corrected chi connectivity index (χ4v) is 4.04. The molecular formula is C24H20N6OS. The van der Waals surface area contributed by atoms with Crippen molar-refractivity contribution in [3.05, 3.63) is 96.1 Å². The molecule has 5 rings (SSSR count). The minimum Gasteiger partial charge on any atom is -0.420 e. The first-order valence-electron chi connectivity index (χ1n) is 10.2. The number of aromatic nitrogens is 6. The molecule has 7 nitrogen and oxygen atoms in total. The predicted molar refractivity (Wildman–Crippen MR) is 123 cm³/mol. The zero-order chi connectivity index (χ0) is 21.8. The number of hydrogen-bond donors (Lipinski definition) is 0.